The van der Waals surface area contributed by atoms with Gasteiger partial charge in [-0.1, -0.05) is 24.3 Å². The van der Waals surface area contributed by atoms with Crippen molar-refractivity contribution in [3.05, 3.63) is 69.3 Å². The van der Waals surface area contributed by atoms with Crippen molar-refractivity contribution in [2.24, 2.45) is 0 Å². The number of benzene rings is 2. The predicted octanol–water partition coefficient (Wildman–Crippen LogP) is 2.49. The summed E-state index contributed by atoms with van der Waals surface area (Å²) in [6.45, 7) is 1.05. The monoisotopic (exact) mass is 309 g/mol. The fourth-order valence-electron chi connectivity index (χ4n) is 3.53. The first kappa shape index (κ1) is 13.9. The molecule has 23 heavy (non-hydrogen) atoms. The molecule has 2 aliphatic heterocycles. The van der Waals surface area contributed by atoms with Crippen LogP contribution in [0.1, 0.15) is 22.7 Å². The number of non-ortho nitro benzene ring substituents is 1. The minimum atomic E-state index is -0.397. The van der Waals surface area contributed by atoms with Gasteiger partial charge in [-0.25, -0.2) is 0 Å². The van der Waals surface area contributed by atoms with Crippen molar-refractivity contribution in [3.63, 3.8) is 0 Å². The fraction of sp³-hybridized carbons (Fsp3) is 0.235. The number of nitro benzene ring substituents is 1. The molecule has 1 amide bonds. The third kappa shape index (κ3) is 2.27. The molecule has 1 unspecified atom stereocenters. The topological polar surface area (TPSA) is 75.5 Å². The molecule has 0 aliphatic carbocycles. The number of nitrogens with one attached hydrogen (secondary N) is 1. The molecular weight excluding hydrogens is 294 g/mol. The highest BCUT2D eigenvalue weighted by Gasteiger charge is 2.34. The summed E-state index contributed by atoms with van der Waals surface area (Å²) in [7, 11) is 0. The lowest BCUT2D eigenvalue weighted by Crippen LogP contribution is -2.38. The van der Waals surface area contributed by atoms with Crippen molar-refractivity contribution in [1.29, 1.82) is 0 Å². The second kappa shape index (κ2) is 5.17. The maximum atomic E-state index is 12.1. The lowest BCUT2D eigenvalue weighted by molar-refractivity contribution is -0.384. The number of fused-ring (bicyclic) bond motifs is 5. The lowest BCUT2D eigenvalue weighted by Gasteiger charge is -2.35. The van der Waals surface area contributed by atoms with E-state index >= 15 is 0 Å². The van der Waals surface area contributed by atoms with E-state index in [0.29, 0.717) is 12.2 Å². The molecule has 1 N–H and O–H groups in total. The largest absolute Gasteiger partial charge is 0.325 e. The summed E-state index contributed by atoms with van der Waals surface area (Å²) in [4.78, 5) is 25.0. The Hall–Kier alpha value is -2.73. The Morgan fingerprint density at radius 2 is 2.00 bits per heavy atom. The Morgan fingerprint density at radius 3 is 2.83 bits per heavy atom. The number of nitro groups is 1. The molecule has 2 aromatic rings. The molecule has 4 rings (SSSR count). The summed E-state index contributed by atoms with van der Waals surface area (Å²) in [5.74, 6) is -0.0815. The first-order chi connectivity index (χ1) is 11.1. The van der Waals surface area contributed by atoms with Crippen LogP contribution in [0, 0.1) is 10.1 Å². The molecule has 2 heterocycles. The number of amides is 1. The Kier molecular flexibility index (Phi) is 3.12. The Labute approximate surface area is 132 Å². The zero-order valence-electron chi connectivity index (χ0n) is 12.4. The summed E-state index contributed by atoms with van der Waals surface area (Å²) in [5.41, 5.74) is 3.85. The summed E-state index contributed by atoms with van der Waals surface area (Å²) in [6.07, 6.45) is 0.879. The van der Waals surface area contributed by atoms with Crippen molar-refractivity contribution in [3.8, 4) is 0 Å². The number of carbonyl (C=O) groups is 1. The summed E-state index contributed by atoms with van der Waals surface area (Å²) < 4.78 is 0. The fourth-order valence-corrected chi connectivity index (χ4v) is 3.53. The molecule has 0 saturated heterocycles. The normalized spacial score (nSPS) is 19.8. The number of rotatable bonds is 1. The number of hydrogen-bond donors (Lipinski definition) is 1. The van der Waals surface area contributed by atoms with E-state index < -0.39 is 4.92 Å². The highest BCUT2D eigenvalue weighted by molar-refractivity contribution is 5.94. The van der Waals surface area contributed by atoms with E-state index in [9.17, 15) is 14.9 Å². The summed E-state index contributed by atoms with van der Waals surface area (Å²) in [6, 6.07) is 12.6. The molecular formula is C17H15N3O3. The van der Waals surface area contributed by atoms with Gasteiger partial charge in [0, 0.05) is 29.9 Å². The van der Waals surface area contributed by atoms with Crippen molar-refractivity contribution >= 4 is 17.3 Å². The Balaban J connectivity index is 1.94. The molecule has 2 aliphatic rings. The first-order valence-electron chi connectivity index (χ1n) is 7.53. The average Bonchev–Trinajstić information content (AvgIpc) is 2.69. The van der Waals surface area contributed by atoms with Gasteiger partial charge in [0.15, 0.2) is 0 Å². The highest BCUT2D eigenvalue weighted by atomic mass is 16.6. The van der Waals surface area contributed by atoms with Crippen molar-refractivity contribution in [1.82, 2.24) is 4.90 Å². The van der Waals surface area contributed by atoms with Crippen LogP contribution in [-0.2, 0) is 11.2 Å². The van der Waals surface area contributed by atoms with E-state index in [1.165, 1.54) is 11.6 Å². The van der Waals surface area contributed by atoms with Crippen LogP contribution in [-0.4, -0.2) is 28.8 Å². The van der Waals surface area contributed by atoms with E-state index in [4.69, 9.17) is 0 Å². The van der Waals surface area contributed by atoms with Crippen LogP contribution in [0.25, 0.3) is 0 Å². The molecule has 0 radical (unpaired) electrons. The van der Waals surface area contributed by atoms with Gasteiger partial charge < -0.3 is 5.32 Å². The number of carbonyl (C=O) groups excluding carboxylic acids is 1. The van der Waals surface area contributed by atoms with Gasteiger partial charge in [0.1, 0.15) is 0 Å². The molecule has 2 aromatic carbocycles. The van der Waals surface area contributed by atoms with Crippen LogP contribution in [0.15, 0.2) is 42.5 Å². The second-order valence-corrected chi connectivity index (χ2v) is 5.90. The second-order valence-electron chi connectivity index (χ2n) is 5.90. The molecule has 0 fully saturated rings. The van der Waals surface area contributed by atoms with E-state index in [-0.39, 0.29) is 17.6 Å². The standard InChI is InChI=1S/C17H15N3O3/c21-16-10-19-8-7-11-3-1-2-4-13(11)17(19)14-9-12(20(22)23)5-6-15(14)18-16/h1-6,9,17H,7-8,10H2,(H,18,21). The lowest BCUT2D eigenvalue weighted by atomic mass is 9.87. The van der Waals surface area contributed by atoms with Crippen molar-refractivity contribution < 1.29 is 9.72 Å². The molecule has 0 spiro atoms. The Bertz CT molecular complexity index is 818. The zero-order chi connectivity index (χ0) is 16.0. The van der Waals surface area contributed by atoms with E-state index in [0.717, 1.165) is 24.1 Å². The van der Waals surface area contributed by atoms with Gasteiger partial charge in [-0.3, -0.25) is 19.8 Å². The maximum absolute atomic E-state index is 12.1. The molecule has 0 saturated carbocycles. The molecule has 0 aromatic heterocycles. The van der Waals surface area contributed by atoms with E-state index in [1.54, 1.807) is 12.1 Å². The van der Waals surface area contributed by atoms with Crippen LogP contribution < -0.4 is 5.32 Å². The molecule has 116 valence electrons. The number of nitrogens with zero attached hydrogens (tertiary/aromatic N) is 2. The highest BCUT2D eigenvalue weighted by Crippen LogP contribution is 2.41. The molecule has 1 atom stereocenters. The molecule has 0 bridgehead atoms. The van der Waals surface area contributed by atoms with Crippen molar-refractivity contribution in [2.75, 3.05) is 18.4 Å². The van der Waals surface area contributed by atoms with Gasteiger partial charge in [-0.2, -0.15) is 0 Å². The Morgan fingerprint density at radius 1 is 1.17 bits per heavy atom. The quantitative estimate of drug-likeness (QED) is 0.648. The smallest absolute Gasteiger partial charge is 0.269 e. The van der Waals surface area contributed by atoms with Gasteiger partial charge in [0.2, 0.25) is 5.91 Å². The van der Waals surface area contributed by atoms with Gasteiger partial charge in [0.05, 0.1) is 17.5 Å². The number of anilines is 1. The SMILES string of the molecule is O=C1CN2CCc3ccccc3C2c2cc([N+](=O)[O-])ccc2N1. The zero-order valence-corrected chi connectivity index (χ0v) is 12.4. The molecule has 6 heteroatoms. The summed E-state index contributed by atoms with van der Waals surface area (Å²) in [5, 5.41) is 14.0. The summed E-state index contributed by atoms with van der Waals surface area (Å²) >= 11 is 0. The van der Waals surface area contributed by atoms with Gasteiger partial charge in [-0.15, -0.1) is 0 Å². The maximum Gasteiger partial charge on any atom is 0.269 e. The van der Waals surface area contributed by atoms with Crippen LogP contribution in [0.4, 0.5) is 11.4 Å². The van der Waals surface area contributed by atoms with Crippen LogP contribution >= 0.6 is 0 Å². The van der Waals surface area contributed by atoms with Crippen molar-refractivity contribution in [2.45, 2.75) is 12.5 Å². The third-order valence-electron chi connectivity index (χ3n) is 4.54. The van der Waals surface area contributed by atoms with Crippen LogP contribution in [0.2, 0.25) is 0 Å². The van der Waals surface area contributed by atoms with Gasteiger partial charge >= 0.3 is 0 Å². The molecule has 6 nitrogen and oxygen atoms in total. The number of hydrogen-bond acceptors (Lipinski definition) is 4. The predicted molar refractivity (Wildman–Crippen MR) is 85.3 cm³/mol. The van der Waals surface area contributed by atoms with Crippen LogP contribution in [0.3, 0.4) is 0 Å². The van der Waals surface area contributed by atoms with Gasteiger partial charge in [0.25, 0.3) is 5.69 Å². The van der Waals surface area contributed by atoms with Crippen LogP contribution in [0.5, 0.6) is 0 Å². The minimum absolute atomic E-state index is 0.0444. The van der Waals surface area contributed by atoms with E-state index in [1.807, 2.05) is 18.2 Å². The minimum Gasteiger partial charge on any atom is -0.325 e. The van der Waals surface area contributed by atoms with Gasteiger partial charge in [-0.05, 0) is 23.6 Å². The third-order valence-corrected chi connectivity index (χ3v) is 4.54. The first-order valence-corrected chi connectivity index (χ1v) is 7.53. The average molecular weight is 309 g/mol. The van der Waals surface area contributed by atoms with E-state index in [2.05, 4.69) is 16.3 Å².